The Balaban J connectivity index is 2.48. The van der Waals surface area contributed by atoms with Gasteiger partial charge in [0.25, 0.3) is 0 Å². The van der Waals surface area contributed by atoms with Crippen molar-refractivity contribution in [2.24, 2.45) is 5.73 Å². The number of hydrogen-bond donors (Lipinski definition) is 1. The van der Waals surface area contributed by atoms with Gasteiger partial charge in [-0.05, 0) is 26.9 Å². The Kier molecular flexibility index (Phi) is 4.09. The van der Waals surface area contributed by atoms with Crippen LogP contribution in [0.2, 0.25) is 0 Å². The highest BCUT2D eigenvalue weighted by Crippen LogP contribution is 2.07. The van der Waals surface area contributed by atoms with Crippen LogP contribution in [-0.2, 0) is 0 Å². The van der Waals surface area contributed by atoms with Crippen LogP contribution < -0.4 is 5.73 Å². The van der Waals surface area contributed by atoms with Crippen LogP contribution in [0.3, 0.4) is 0 Å². The quantitative estimate of drug-likeness (QED) is 0.651. The van der Waals surface area contributed by atoms with Crippen LogP contribution in [0.4, 0.5) is 0 Å². The SMILES string of the molecule is CC1CN(C)CCCN1CC(N)=S. The average molecular weight is 201 g/mol. The van der Waals surface area contributed by atoms with E-state index in [0.717, 1.165) is 19.6 Å². The zero-order valence-corrected chi connectivity index (χ0v) is 9.31. The van der Waals surface area contributed by atoms with Crippen LogP contribution in [-0.4, -0.2) is 54.1 Å². The van der Waals surface area contributed by atoms with Crippen molar-refractivity contribution in [2.75, 3.05) is 33.2 Å². The zero-order chi connectivity index (χ0) is 9.84. The molecule has 0 spiro atoms. The molecule has 0 aliphatic carbocycles. The molecule has 0 aromatic heterocycles. The van der Waals surface area contributed by atoms with Crippen molar-refractivity contribution in [3.63, 3.8) is 0 Å². The maximum Gasteiger partial charge on any atom is 0.0870 e. The molecule has 3 nitrogen and oxygen atoms in total. The lowest BCUT2D eigenvalue weighted by Gasteiger charge is -2.27. The van der Waals surface area contributed by atoms with Crippen molar-refractivity contribution < 1.29 is 0 Å². The van der Waals surface area contributed by atoms with Gasteiger partial charge in [0.05, 0.1) is 4.99 Å². The number of thiocarbonyl (C=S) groups is 1. The van der Waals surface area contributed by atoms with Gasteiger partial charge in [-0.1, -0.05) is 12.2 Å². The van der Waals surface area contributed by atoms with Crippen LogP contribution >= 0.6 is 12.2 Å². The summed E-state index contributed by atoms with van der Waals surface area (Å²) < 4.78 is 0. The molecule has 0 aromatic rings. The number of nitrogens with zero attached hydrogens (tertiary/aromatic N) is 2. The fourth-order valence-corrected chi connectivity index (χ4v) is 2.02. The molecule has 0 bridgehead atoms. The van der Waals surface area contributed by atoms with Crippen molar-refractivity contribution in [1.82, 2.24) is 9.80 Å². The Hall–Kier alpha value is -0.190. The molecule has 1 aliphatic rings. The second-order valence-electron chi connectivity index (χ2n) is 3.90. The standard InChI is InChI=1S/C9H19N3S/c1-8-6-11(2)4-3-5-12(8)7-9(10)13/h8H,3-7H2,1-2H3,(H2,10,13). The van der Waals surface area contributed by atoms with Crippen molar-refractivity contribution >= 4 is 17.2 Å². The van der Waals surface area contributed by atoms with Crippen LogP contribution in [0, 0.1) is 0 Å². The number of likely N-dealkylation sites (N-methyl/N-ethyl adjacent to an activating group) is 1. The zero-order valence-electron chi connectivity index (χ0n) is 8.49. The van der Waals surface area contributed by atoms with Crippen LogP contribution in [0.25, 0.3) is 0 Å². The minimum absolute atomic E-state index is 0.564. The molecule has 1 heterocycles. The molecule has 2 N–H and O–H groups in total. The lowest BCUT2D eigenvalue weighted by atomic mass is 10.3. The average Bonchev–Trinajstić information content (AvgIpc) is 2.13. The number of hydrogen-bond acceptors (Lipinski definition) is 3. The van der Waals surface area contributed by atoms with Crippen molar-refractivity contribution in [2.45, 2.75) is 19.4 Å². The summed E-state index contributed by atoms with van der Waals surface area (Å²) in [6, 6.07) is 0.564. The van der Waals surface area contributed by atoms with Crippen molar-refractivity contribution in [3.05, 3.63) is 0 Å². The fourth-order valence-electron chi connectivity index (χ4n) is 1.86. The first-order valence-electron chi connectivity index (χ1n) is 4.80. The predicted molar refractivity (Wildman–Crippen MR) is 59.9 cm³/mol. The third kappa shape index (κ3) is 3.58. The van der Waals surface area contributed by atoms with E-state index in [1.165, 1.54) is 13.0 Å². The third-order valence-corrected chi connectivity index (χ3v) is 2.67. The smallest absolute Gasteiger partial charge is 0.0870 e. The number of nitrogens with two attached hydrogens (primary N) is 1. The van der Waals surface area contributed by atoms with Gasteiger partial charge in [0, 0.05) is 25.7 Å². The van der Waals surface area contributed by atoms with E-state index in [0.29, 0.717) is 11.0 Å². The molecule has 1 fully saturated rings. The maximum atomic E-state index is 5.55. The molecule has 0 amide bonds. The Bertz CT molecular complexity index is 184. The first-order chi connectivity index (χ1) is 6.09. The lowest BCUT2D eigenvalue weighted by Crippen LogP contribution is -2.42. The Labute approximate surface area is 85.9 Å². The van der Waals surface area contributed by atoms with Crippen LogP contribution in [0.15, 0.2) is 0 Å². The molecule has 1 atom stereocenters. The monoisotopic (exact) mass is 201 g/mol. The van der Waals surface area contributed by atoms with Gasteiger partial charge in [-0.25, -0.2) is 0 Å². The van der Waals surface area contributed by atoms with E-state index in [2.05, 4.69) is 23.8 Å². The predicted octanol–water partition coefficient (Wildman–Crippen LogP) is 0.299. The molecular weight excluding hydrogens is 182 g/mol. The summed E-state index contributed by atoms with van der Waals surface area (Å²) in [5, 5.41) is 0. The highest BCUT2D eigenvalue weighted by Gasteiger charge is 2.19. The van der Waals surface area contributed by atoms with Gasteiger partial charge in [-0.15, -0.1) is 0 Å². The summed E-state index contributed by atoms with van der Waals surface area (Å²) in [4.78, 5) is 5.34. The minimum Gasteiger partial charge on any atom is -0.392 e. The van der Waals surface area contributed by atoms with Gasteiger partial charge in [-0.3, -0.25) is 4.90 Å². The molecule has 76 valence electrons. The number of rotatable bonds is 2. The Morgan fingerprint density at radius 3 is 2.85 bits per heavy atom. The van der Waals surface area contributed by atoms with E-state index >= 15 is 0 Å². The van der Waals surface area contributed by atoms with Gasteiger partial charge in [0.2, 0.25) is 0 Å². The molecule has 4 heteroatoms. The molecule has 1 aliphatic heterocycles. The van der Waals surface area contributed by atoms with E-state index in [1.807, 2.05) is 0 Å². The van der Waals surface area contributed by atoms with Gasteiger partial charge < -0.3 is 10.6 Å². The summed E-state index contributed by atoms with van der Waals surface area (Å²) in [7, 11) is 2.17. The lowest BCUT2D eigenvalue weighted by molar-refractivity contribution is 0.227. The molecule has 1 saturated heterocycles. The maximum absolute atomic E-state index is 5.55. The molecule has 1 unspecified atom stereocenters. The highest BCUT2D eigenvalue weighted by atomic mass is 32.1. The van der Waals surface area contributed by atoms with Crippen molar-refractivity contribution in [3.8, 4) is 0 Å². The van der Waals surface area contributed by atoms with E-state index in [9.17, 15) is 0 Å². The Morgan fingerprint density at radius 1 is 1.54 bits per heavy atom. The van der Waals surface area contributed by atoms with Crippen LogP contribution in [0.5, 0.6) is 0 Å². The van der Waals surface area contributed by atoms with E-state index in [1.54, 1.807) is 0 Å². The van der Waals surface area contributed by atoms with Gasteiger partial charge in [-0.2, -0.15) is 0 Å². The van der Waals surface area contributed by atoms with Gasteiger partial charge >= 0.3 is 0 Å². The molecule has 1 rings (SSSR count). The highest BCUT2D eigenvalue weighted by molar-refractivity contribution is 7.80. The second kappa shape index (κ2) is 4.88. The first-order valence-corrected chi connectivity index (χ1v) is 5.21. The van der Waals surface area contributed by atoms with Crippen molar-refractivity contribution in [1.29, 1.82) is 0 Å². The van der Waals surface area contributed by atoms with E-state index in [4.69, 9.17) is 18.0 Å². The Morgan fingerprint density at radius 2 is 2.23 bits per heavy atom. The fraction of sp³-hybridized carbons (Fsp3) is 0.889. The molecule has 13 heavy (non-hydrogen) atoms. The van der Waals surface area contributed by atoms with Crippen LogP contribution in [0.1, 0.15) is 13.3 Å². The van der Waals surface area contributed by atoms with E-state index < -0.39 is 0 Å². The van der Waals surface area contributed by atoms with Gasteiger partial charge in [0.1, 0.15) is 0 Å². The third-order valence-electron chi connectivity index (χ3n) is 2.54. The molecule has 0 aromatic carbocycles. The summed E-state index contributed by atoms with van der Waals surface area (Å²) in [5.41, 5.74) is 5.55. The largest absolute Gasteiger partial charge is 0.392 e. The summed E-state index contributed by atoms with van der Waals surface area (Å²) >= 11 is 4.93. The van der Waals surface area contributed by atoms with E-state index in [-0.39, 0.29) is 0 Å². The summed E-state index contributed by atoms with van der Waals surface area (Å²) in [6.45, 7) is 6.41. The second-order valence-corrected chi connectivity index (χ2v) is 4.43. The first kappa shape index (κ1) is 10.9. The molecule has 0 radical (unpaired) electrons. The minimum atomic E-state index is 0.564. The van der Waals surface area contributed by atoms with Gasteiger partial charge in [0.15, 0.2) is 0 Å². The summed E-state index contributed by atoms with van der Waals surface area (Å²) in [5.74, 6) is 0. The normalized spacial score (nSPS) is 27.1. The molecular formula is C9H19N3S. The molecule has 0 saturated carbocycles. The topological polar surface area (TPSA) is 32.5 Å². The summed E-state index contributed by atoms with van der Waals surface area (Å²) in [6.07, 6.45) is 1.21.